The highest BCUT2D eigenvalue weighted by atomic mass is 16.5. The van der Waals surface area contributed by atoms with Gasteiger partial charge in [0.1, 0.15) is 12.4 Å². The van der Waals surface area contributed by atoms with Crippen LogP contribution in [0, 0.1) is 0 Å². The molecule has 0 atom stereocenters. The minimum atomic E-state index is 0.0425. The summed E-state index contributed by atoms with van der Waals surface area (Å²) in [5.41, 5.74) is 0. The lowest BCUT2D eigenvalue weighted by Gasteiger charge is -2.10. The number of carbonyl (C=O) groups excluding carboxylic acids is 1. The number of ether oxygens (including phenoxy) is 1. The van der Waals surface area contributed by atoms with Crippen LogP contribution in [0.1, 0.15) is 6.42 Å². The monoisotopic (exact) mass is 272 g/mol. The fourth-order valence-electron chi connectivity index (χ4n) is 2.00. The van der Waals surface area contributed by atoms with Gasteiger partial charge in [-0.25, -0.2) is 0 Å². The molecule has 0 heterocycles. The molecule has 0 aliphatic rings. The smallest absolute Gasteiger partial charge is 0.221 e. The number of hydrogen-bond donors (Lipinski definition) is 2. The lowest BCUT2D eigenvalue weighted by molar-refractivity contribution is -0.121. The fraction of sp³-hybridized carbons (Fsp3) is 0.312. The zero-order chi connectivity index (χ0) is 14.2. The largest absolute Gasteiger partial charge is 0.491 e. The summed E-state index contributed by atoms with van der Waals surface area (Å²) < 4.78 is 5.74. The van der Waals surface area contributed by atoms with E-state index < -0.39 is 0 Å². The predicted octanol–water partition coefficient (Wildman–Crippen LogP) is 1.94. The van der Waals surface area contributed by atoms with Crippen molar-refractivity contribution in [1.82, 2.24) is 10.6 Å². The van der Waals surface area contributed by atoms with Gasteiger partial charge in [0.05, 0.1) is 6.54 Å². The number of nitrogens with one attached hydrogen (secondary N) is 2. The molecule has 1 amide bonds. The topological polar surface area (TPSA) is 50.4 Å². The van der Waals surface area contributed by atoms with Crippen molar-refractivity contribution < 1.29 is 9.53 Å². The first-order valence-electron chi connectivity index (χ1n) is 6.83. The summed E-state index contributed by atoms with van der Waals surface area (Å²) in [4.78, 5) is 11.4. The number of fused-ring (bicyclic) bond motifs is 1. The number of benzene rings is 2. The molecule has 2 rings (SSSR count). The van der Waals surface area contributed by atoms with Crippen molar-refractivity contribution in [2.24, 2.45) is 0 Å². The van der Waals surface area contributed by atoms with Crippen LogP contribution in [0.4, 0.5) is 0 Å². The summed E-state index contributed by atoms with van der Waals surface area (Å²) >= 11 is 0. The van der Waals surface area contributed by atoms with Gasteiger partial charge in [0, 0.05) is 18.4 Å². The van der Waals surface area contributed by atoms with Gasteiger partial charge in [0.25, 0.3) is 0 Å². The quantitative estimate of drug-likeness (QED) is 0.757. The lowest BCUT2D eigenvalue weighted by atomic mass is 10.1. The molecule has 2 aromatic carbocycles. The van der Waals surface area contributed by atoms with Crippen LogP contribution in [0.25, 0.3) is 10.8 Å². The van der Waals surface area contributed by atoms with Crippen LogP contribution < -0.4 is 15.4 Å². The summed E-state index contributed by atoms with van der Waals surface area (Å²) in [6.45, 7) is 1.68. The molecule has 0 bridgehead atoms. The molecule has 0 saturated carbocycles. The van der Waals surface area contributed by atoms with Crippen molar-refractivity contribution in [1.29, 1.82) is 0 Å². The summed E-state index contributed by atoms with van der Waals surface area (Å²) in [6, 6.07) is 14.1. The van der Waals surface area contributed by atoms with E-state index in [-0.39, 0.29) is 5.91 Å². The Morgan fingerprint density at radius 2 is 1.90 bits per heavy atom. The normalized spacial score (nSPS) is 10.4. The van der Waals surface area contributed by atoms with Gasteiger partial charge in [-0.05, 0) is 18.5 Å². The van der Waals surface area contributed by atoms with Crippen molar-refractivity contribution in [3.8, 4) is 5.75 Å². The molecule has 4 heteroatoms. The van der Waals surface area contributed by atoms with E-state index in [9.17, 15) is 4.79 Å². The molecule has 2 aromatic rings. The number of hydrogen-bond acceptors (Lipinski definition) is 3. The van der Waals surface area contributed by atoms with Crippen LogP contribution >= 0.6 is 0 Å². The predicted molar refractivity (Wildman–Crippen MR) is 81.0 cm³/mol. The summed E-state index contributed by atoms with van der Waals surface area (Å²) in [6.07, 6.45) is 0.491. The van der Waals surface area contributed by atoms with Crippen LogP contribution in [0.2, 0.25) is 0 Å². The molecule has 0 aliphatic heterocycles. The molecule has 106 valence electrons. The molecule has 20 heavy (non-hydrogen) atoms. The van der Waals surface area contributed by atoms with Crippen molar-refractivity contribution in [3.05, 3.63) is 42.5 Å². The zero-order valence-corrected chi connectivity index (χ0v) is 11.7. The van der Waals surface area contributed by atoms with Crippen molar-refractivity contribution in [3.63, 3.8) is 0 Å². The Bertz CT molecular complexity index is 564. The highest BCUT2D eigenvalue weighted by Gasteiger charge is 2.02. The maximum atomic E-state index is 11.4. The second-order valence-corrected chi connectivity index (χ2v) is 4.53. The van der Waals surface area contributed by atoms with E-state index in [0.717, 1.165) is 16.5 Å². The summed E-state index contributed by atoms with van der Waals surface area (Å²) in [5.74, 6) is 0.897. The molecular weight excluding hydrogens is 252 g/mol. The van der Waals surface area contributed by atoms with E-state index in [2.05, 4.69) is 22.8 Å². The summed E-state index contributed by atoms with van der Waals surface area (Å²) in [5, 5.41) is 8.02. The van der Waals surface area contributed by atoms with Gasteiger partial charge in [0.2, 0.25) is 5.91 Å². The Morgan fingerprint density at radius 3 is 2.75 bits per heavy atom. The van der Waals surface area contributed by atoms with Crippen molar-refractivity contribution >= 4 is 16.7 Å². The van der Waals surface area contributed by atoms with Gasteiger partial charge in [-0.3, -0.25) is 4.79 Å². The Kier molecular flexibility index (Phi) is 5.38. The Labute approximate surface area is 119 Å². The van der Waals surface area contributed by atoms with Crippen molar-refractivity contribution in [2.75, 3.05) is 26.7 Å². The van der Waals surface area contributed by atoms with Gasteiger partial charge in [-0.15, -0.1) is 0 Å². The standard InChI is InChI=1S/C16H20N2O2/c1-17-10-9-16(19)18-11-12-20-15-8-4-6-13-5-2-3-7-14(13)15/h2-8,17H,9-12H2,1H3,(H,18,19). The van der Waals surface area contributed by atoms with Crippen LogP contribution in [-0.2, 0) is 4.79 Å². The van der Waals surface area contributed by atoms with E-state index in [1.54, 1.807) is 0 Å². The van der Waals surface area contributed by atoms with E-state index in [1.807, 2.05) is 37.4 Å². The SMILES string of the molecule is CNCCC(=O)NCCOc1cccc2ccccc12. The molecule has 2 N–H and O–H groups in total. The molecule has 0 saturated heterocycles. The first kappa shape index (κ1) is 14.3. The second kappa shape index (κ2) is 7.50. The van der Waals surface area contributed by atoms with Gasteiger partial charge in [-0.1, -0.05) is 36.4 Å². The Hall–Kier alpha value is -2.07. The molecule has 0 aromatic heterocycles. The third-order valence-corrected chi connectivity index (χ3v) is 3.03. The third kappa shape index (κ3) is 3.96. The molecule has 0 radical (unpaired) electrons. The first-order chi connectivity index (χ1) is 9.81. The second-order valence-electron chi connectivity index (χ2n) is 4.53. The average Bonchev–Trinajstić information content (AvgIpc) is 2.49. The Balaban J connectivity index is 1.83. The fourth-order valence-corrected chi connectivity index (χ4v) is 2.00. The molecule has 0 fully saturated rings. The average molecular weight is 272 g/mol. The lowest BCUT2D eigenvalue weighted by Crippen LogP contribution is -2.30. The highest BCUT2D eigenvalue weighted by Crippen LogP contribution is 2.24. The third-order valence-electron chi connectivity index (χ3n) is 3.03. The number of rotatable bonds is 7. The summed E-state index contributed by atoms with van der Waals surface area (Å²) in [7, 11) is 1.83. The zero-order valence-electron chi connectivity index (χ0n) is 11.7. The van der Waals surface area contributed by atoms with Crippen molar-refractivity contribution in [2.45, 2.75) is 6.42 Å². The van der Waals surface area contributed by atoms with Gasteiger partial charge in [0.15, 0.2) is 0 Å². The molecular formula is C16H20N2O2. The van der Waals surface area contributed by atoms with Crippen LogP contribution in [0.5, 0.6) is 5.75 Å². The van der Waals surface area contributed by atoms with Gasteiger partial charge in [-0.2, -0.15) is 0 Å². The molecule has 4 nitrogen and oxygen atoms in total. The molecule has 0 unspecified atom stereocenters. The van der Waals surface area contributed by atoms with Crippen LogP contribution in [0.3, 0.4) is 0 Å². The minimum Gasteiger partial charge on any atom is -0.491 e. The first-order valence-corrected chi connectivity index (χ1v) is 6.83. The molecule has 0 spiro atoms. The van der Waals surface area contributed by atoms with E-state index in [1.165, 1.54) is 0 Å². The highest BCUT2D eigenvalue weighted by molar-refractivity contribution is 5.88. The van der Waals surface area contributed by atoms with E-state index in [0.29, 0.717) is 26.1 Å². The van der Waals surface area contributed by atoms with E-state index >= 15 is 0 Å². The minimum absolute atomic E-state index is 0.0425. The van der Waals surface area contributed by atoms with Crippen LogP contribution in [0.15, 0.2) is 42.5 Å². The number of amides is 1. The maximum Gasteiger partial charge on any atom is 0.221 e. The van der Waals surface area contributed by atoms with Crippen LogP contribution in [-0.4, -0.2) is 32.7 Å². The van der Waals surface area contributed by atoms with E-state index in [4.69, 9.17) is 4.74 Å². The maximum absolute atomic E-state index is 11.4. The Morgan fingerprint density at radius 1 is 1.10 bits per heavy atom. The molecule has 0 aliphatic carbocycles. The van der Waals surface area contributed by atoms with Gasteiger partial charge < -0.3 is 15.4 Å². The number of carbonyl (C=O) groups is 1. The van der Waals surface area contributed by atoms with Gasteiger partial charge >= 0.3 is 0 Å².